The highest BCUT2D eigenvalue weighted by atomic mass is 19.4. The van der Waals surface area contributed by atoms with Gasteiger partial charge in [-0.25, -0.2) is 4.98 Å². The van der Waals surface area contributed by atoms with Crippen LogP contribution in [0.5, 0.6) is 0 Å². The Balaban J connectivity index is 1.74. The zero-order valence-electron chi connectivity index (χ0n) is 14.2. The molecule has 0 radical (unpaired) electrons. The van der Waals surface area contributed by atoms with Gasteiger partial charge in [-0.3, -0.25) is 4.68 Å². The second-order valence-electron chi connectivity index (χ2n) is 7.43. The van der Waals surface area contributed by atoms with Crippen LogP contribution >= 0.6 is 0 Å². The molecule has 2 aliphatic rings. The van der Waals surface area contributed by atoms with E-state index in [2.05, 4.69) is 10.1 Å². The molecule has 2 heterocycles. The van der Waals surface area contributed by atoms with Crippen molar-refractivity contribution in [2.24, 2.45) is 11.8 Å². The number of aromatic nitrogens is 3. The fourth-order valence-corrected chi connectivity index (χ4v) is 4.32. The molecular weight excluding hydrogens is 329 g/mol. The minimum absolute atomic E-state index is 0.161. The Labute approximate surface area is 144 Å². The van der Waals surface area contributed by atoms with Crippen molar-refractivity contribution >= 4 is 5.82 Å². The topological polar surface area (TPSA) is 56.7 Å². The van der Waals surface area contributed by atoms with Crippen molar-refractivity contribution in [3.05, 3.63) is 29.6 Å². The molecular formula is C18H21F3N4. The van der Waals surface area contributed by atoms with E-state index in [-0.39, 0.29) is 6.04 Å². The summed E-state index contributed by atoms with van der Waals surface area (Å²) >= 11 is 0. The number of fused-ring (bicyclic) bond motifs is 1. The summed E-state index contributed by atoms with van der Waals surface area (Å²) in [7, 11) is 0. The first kappa shape index (κ1) is 16.4. The summed E-state index contributed by atoms with van der Waals surface area (Å²) in [4.78, 5) is 3.73. The highest BCUT2D eigenvalue weighted by Gasteiger charge is 2.54. The predicted octanol–water partition coefficient (Wildman–Crippen LogP) is 4.64. The van der Waals surface area contributed by atoms with Crippen molar-refractivity contribution in [2.45, 2.75) is 51.2 Å². The molecule has 0 spiro atoms. The molecule has 1 unspecified atom stereocenters. The Morgan fingerprint density at radius 1 is 1.20 bits per heavy atom. The minimum Gasteiger partial charge on any atom is -0.383 e. The van der Waals surface area contributed by atoms with E-state index in [1.807, 2.05) is 24.6 Å². The number of nitrogens with zero attached hydrogens (tertiary/aromatic N) is 3. The fraction of sp³-hybridized carbons (Fsp3) is 0.556. The molecule has 2 aliphatic carbocycles. The summed E-state index contributed by atoms with van der Waals surface area (Å²) in [5.41, 5.74) is 6.52. The van der Waals surface area contributed by atoms with Gasteiger partial charge in [0.05, 0.1) is 11.3 Å². The Kier molecular flexibility index (Phi) is 3.60. The number of hydrogen-bond donors (Lipinski definition) is 1. The van der Waals surface area contributed by atoms with E-state index in [1.165, 1.54) is 25.5 Å². The molecule has 0 aliphatic heterocycles. The van der Waals surface area contributed by atoms with Crippen LogP contribution in [0.2, 0.25) is 0 Å². The third-order valence-electron chi connectivity index (χ3n) is 5.52. The normalized spacial score (nSPS) is 25.4. The second-order valence-corrected chi connectivity index (χ2v) is 7.43. The van der Waals surface area contributed by atoms with Crippen molar-refractivity contribution in [2.75, 3.05) is 5.73 Å². The number of anilines is 1. The van der Waals surface area contributed by atoms with E-state index in [1.54, 1.807) is 0 Å². The Morgan fingerprint density at radius 3 is 2.48 bits per heavy atom. The lowest BCUT2D eigenvalue weighted by Crippen LogP contribution is -2.10. The average Bonchev–Trinajstić information content (AvgIpc) is 2.93. The first-order valence-corrected chi connectivity index (χ1v) is 8.70. The molecule has 2 aromatic heterocycles. The number of halogens is 3. The minimum atomic E-state index is -4.52. The van der Waals surface area contributed by atoms with Crippen molar-refractivity contribution in [1.82, 2.24) is 14.8 Å². The molecule has 134 valence electrons. The first-order valence-electron chi connectivity index (χ1n) is 8.70. The molecule has 0 aromatic carbocycles. The van der Waals surface area contributed by atoms with Crippen LogP contribution in [0.15, 0.2) is 18.3 Å². The van der Waals surface area contributed by atoms with E-state index in [4.69, 9.17) is 5.73 Å². The van der Waals surface area contributed by atoms with Crippen LogP contribution in [0.4, 0.5) is 19.0 Å². The Bertz CT molecular complexity index is 799. The maximum absolute atomic E-state index is 13.1. The van der Waals surface area contributed by atoms with Gasteiger partial charge >= 0.3 is 6.18 Å². The summed E-state index contributed by atoms with van der Waals surface area (Å²) in [6.45, 7) is 4.08. The third kappa shape index (κ3) is 2.69. The van der Waals surface area contributed by atoms with Crippen LogP contribution in [0, 0.1) is 11.8 Å². The molecule has 7 heteroatoms. The standard InChI is InChI=1S/C18H21F3N4/c1-9(2)25-15(16-11-4-3-5-12(11)16)7-14(24-25)10-6-13(18(19,20)21)17(22)23-8-10/h6-9,11-12,16H,3-5H2,1-2H3,(H2,22,23)/t11-,12+,16?. The summed E-state index contributed by atoms with van der Waals surface area (Å²) in [6.07, 6.45) is 0.621. The van der Waals surface area contributed by atoms with Crippen LogP contribution in [0.1, 0.15) is 56.3 Å². The average molecular weight is 350 g/mol. The van der Waals surface area contributed by atoms with Gasteiger partial charge in [0, 0.05) is 29.4 Å². The van der Waals surface area contributed by atoms with Gasteiger partial charge in [0.1, 0.15) is 5.82 Å². The molecule has 25 heavy (non-hydrogen) atoms. The van der Waals surface area contributed by atoms with Gasteiger partial charge in [-0.2, -0.15) is 18.3 Å². The summed E-state index contributed by atoms with van der Waals surface area (Å²) in [5.74, 6) is 1.44. The molecule has 0 amide bonds. The summed E-state index contributed by atoms with van der Waals surface area (Å²) < 4.78 is 41.3. The molecule has 3 atom stereocenters. The summed E-state index contributed by atoms with van der Waals surface area (Å²) in [5, 5.41) is 4.59. The molecule has 0 saturated heterocycles. The lowest BCUT2D eigenvalue weighted by Gasteiger charge is -2.12. The van der Waals surface area contributed by atoms with E-state index in [0.29, 0.717) is 17.2 Å². The van der Waals surface area contributed by atoms with E-state index in [0.717, 1.165) is 23.6 Å². The zero-order valence-corrected chi connectivity index (χ0v) is 14.2. The largest absolute Gasteiger partial charge is 0.419 e. The van der Waals surface area contributed by atoms with Gasteiger partial charge in [0.2, 0.25) is 0 Å². The highest BCUT2D eigenvalue weighted by Crippen LogP contribution is 2.63. The lowest BCUT2D eigenvalue weighted by atomic mass is 10.1. The van der Waals surface area contributed by atoms with Crippen LogP contribution in [0.3, 0.4) is 0 Å². The van der Waals surface area contributed by atoms with Crippen molar-refractivity contribution in [3.8, 4) is 11.3 Å². The van der Waals surface area contributed by atoms with Gasteiger partial charge < -0.3 is 5.73 Å². The van der Waals surface area contributed by atoms with E-state index >= 15 is 0 Å². The van der Waals surface area contributed by atoms with Crippen LogP contribution in [0.25, 0.3) is 11.3 Å². The zero-order chi connectivity index (χ0) is 17.9. The quantitative estimate of drug-likeness (QED) is 0.877. The Hall–Kier alpha value is -2.05. The summed E-state index contributed by atoms with van der Waals surface area (Å²) in [6, 6.07) is 3.15. The smallest absolute Gasteiger partial charge is 0.383 e. The van der Waals surface area contributed by atoms with Gasteiger partial charge in [-0.05, 0) is 50.7 Å². The first-order chi connectivity index (χ1) is 11.8. The molecule has 2 N–H and O–H groups in total. The number of nitrogens with two attached hydrogens (primary N) is 1. The molecule has 2 aromatic rings. The molecule has 0 bridgehead atoms. The third-order valence-corrected chi connectivity index (χ3v) is 5.52. The predicted molar refractivity (Wildman–Crippen MR) is 88.8 cm³/mol. The number of hydrogen-bond acceptors (Lipinski definition) is 3. The van der Waals surface area contributed by atoms with Crippen LogP contribution in [-0.4, -0.2) is 14.8 Å². The number of pyridine rings is 1. The molecule has 4 rings (SSSR count). The van der Waals surface area contributed by atoms with Gasteiger partial charge in [0.15, 0.2) is 0 Å². The lowest BCUT2D eigenvalue weighted by molar-refractivity contribution is -0.137. The second kappa shape index (κ2) is 5.47. The van der Waals surface area contributed by atoms with Crippen molar-refractivity contribution < 1.29 is 13.2 Å². The Morgan fingerprint density at radius 2 is 1.88 bits per heavy atom. The van der Waals surface area contributed by atoms with E-state index in [9.17, 15) is 13.2 Å². The van der Waals surface area contributed by atoms with Gasteiger partial charge in [-0.15, -0.1) is 0 Å². The fourth-order valence-electron chi connectivity index (χ4n) is 4.32. The molecule has 2 saturated carbocycles. The monoisotopic (exact) mass is 350 g/mol. The number of nitrogen functional groups attached to an aromatic ring is 1. The molecule has 4 nitrogen and oxygen atoms in total. The van der Waals surface area contributed by atoms with Crippen LogP contribution in [-0.2, 0) is 6.18 Å². The number of rotatable bonds is 3. The number of alkyl halides is 3. The maximum Gasteiger partial charge on any atom is 0.419 e. The highest BCUT2D eigenvalue weighted by molar-refractivity contribution is 5.63. The van der Waals surface area contributed by atoms with Crippen LogP contribution < -0.4 is 5.73 Å². The van der Waals surface area contributed by atoms with Crippen molar-refractivity contribution in [1.29, 1.82) is 0 Å². The maximum atomic E-state index is 13.1. The van der Waals surface area contributed by atoms with Gasteiger partial charge in [-0.1, -0.05) is 6.42 Å². The van der Waals surface area contributed by atoms with E-state index < -0.39 is 17.6 Å². The molecule has 2 fully saturated rings. The van der Waals surface area contributed by atoms with Gasteiger partial charge in [0.25, 0.3) is 0 Å². The van der Waals surface area contributed by atoms with Crippen molar-refractivity contribution in [3.63, 3.8) is 0 Å². The SMILES string of the molecule is CC(C)n1nc(-c2cnc(N)c(C(F)(F)F)c2)cc1C1[C@H]2CCC[C@@H]12.